The van der Waals surface area contributed by atoms with Gasteiger partial charge in [-0.2, -0.15) is 4.31 Å². The predicted molar refractivity (Wildman–Crippen MR) is 111 cm³/mol. The van der Waals surface area contributed by atoms with Crippen LogP contribution in [0.25, 0.3) is 0 Å². The molecule has 1 N–H and O–H groups in total. The summed E-state index contributed by atoms with van der Waals surface area (Å²) < 4.78 is 26.8. The Bertz CT molecular complexity index is 912. The highest BCUT2D eigenvalue weighted by molar-refractivity contribution is 7.89. The summed E-state index contributed by atoms with van der Waals surface area (Å²) in [4.78, 5) is 14.5. The van der Waals surface area contributed by atoms with Crippen LogP contribution in [0.2, 0.25) is 0 Å². The number of carbonyl (C=O) groups excluding carboxylic acids is 1. The topological polar surface area (TPSA) is 69.7 Å². The van der Waals surface area contributed by atoms with Crippen LogP contribution in [0, 0.1) is 0 Å². The number of nitrogens with zero attached hydrogens (tertiary/aromatic N) is 2. The van der Waals surface area contributed by atoms with Crippen molar-refractivity contribution in [3.63, 3.8) is 0 Å². The highest BCUT2D eigenvalue weighted by Gasteiger charge is 2.30. The van der Waals surface area contributed by atoms with Gasteiger partial charge in [-0.05, 0) is 35.2 Å². The molecule has 0 unspecified atom stereocenters. The van der Waals surface area contributed by atoms with E-state index in [9.17, 15) is 13.2 Å². The molecule has 1 aliphatic heterocycles. The Balaban J connectivity index is 1.58. The Hall–Kier alpha value is -2.38. The van der Waals surface area contributed by atoms with Gasteiger partial charge in [0.05, 0.1) is 4.90 Å². The molecule has 1 heterocycles. The minimum atomic E-state index is -3.51. The largest absolute Gasteiger partial charge is 0.322 e. The van der Waals surface area contributed by atoms with Crippen LogP contribution in [0.5, 0.6) is 0 Å². The van der Waals surface area contributed by atoms with Crippen molar-refractivity contribution >= 4 is 21.7 Å². The Labute approximate surface area is 167 Å². The first kappa shape index (κ1) is 20.4. The van der Waals surface area contributed by atoms with Gasteiger partial charge in [0.15, 0.2) is 0 Å². The lowest BCUT2D eigenvalue weighted by atomic mass is 9.87. The number of sulfonamides is 1. The second-order valence-corrected chi connectivity index (χ2v) is 9.90. The van der Waals surface area contributed by atoms with Gasteiger partial charge in [-0.3, -0.25) is 0 Å². The summed E-state index contributed by atoms with van der Waals surface area (Å²) in [6.45, 7) is 7.72. The molecule has 0 aromatic heterocycles. The molecule has 0 atom stereocenters. The quantitative estimate of drug-likeness (QED) is 0.855. The maximum atomic E-state index is 12.7. The minimum Gasteiger partial charge on any atom is -0.322 e. The Kier molecular flexibility index (Phi) is 5.76. The summed E-state index contributed by atoms with van der Waals surface area (Å²) in [6.07, 6.45) is 0. The first-order valence-electron chi connectivity index (χ1n) is 9.39. The van der Waals surface area contributed by atoms with E-state index in [1.54, 1.807) is 35.2 Å². The summed E-state index contributed by atoms with van der Waals surface area (Å²) >= 11 is 0. The zero-order valence-corrected chi connectivity index (χ0v) is 17.4. The molecule has 6 nitrogen and oxygen atoms in total. The van der Waals surface area contributed by atoms with Crippen LogP contribution >= 0.6 is 0 Å². The minimum absolute atomic E-state index is 0.0586. The number of nitrogens with one attached hydrogen (secondary N) is 1. The fourth-order valence-corrected chi connectivity index (χ4v) is 4.57. The van der Waals surface area contributed by atoms with Crippen LogP contribution in [0.15, 0.2) is 59.5 Å². The second kappa shape index (κ2) is 7.93. The third kappa shape index (κ3) is 4.54. The van der Waals surface area contributed by atoms with Crippen molar-refractivity contribution in [1.82, 2.24) is 9.21 Å². The van der Waals surface area contributed by atoms with E-state index in [-0.39, 0.29) is 29.4 Å². The van der Waals surface area contributed by atoms with Gasteiger partial charge in [-0.1, -0.05) is 51.1 Å². The molecule has 0 aliphatic carbocycles. The van der Waals surface area contributed by atoms with Crippen LogP contribution < -0.4 is 5.32 Å². The van der Waals surface area contributed by atoms with E-state index >= 15 is 0 Å². The highest BCUT2D eigenvalue weighted by atomic mass is 32.2. The first-order chi connectivity index (χ1) is 13.2. The molecule has 28 heavy (non-hydrogen) atoms. The maximum absolute atomic E-state index is 12.7. The van der Waals surface area contributed by atoms with Crippen molar-refractivity contribution in [2.45, 2.75) is 31.1 Å². The zero-order chi connectivity index (χ0) is 20.4. The van der Waals surface area contributed by atoms with Crippen LogP contribution in [0.1, 0.15) is 26.3 Å². The summed E-state index contributed by atoms with van der Waals surface area (Å²) in [5, 5.41) is 2.89. The van der Waals surface area contributed by atoms with Gasteiger partial charge >= 0.3 is 6.03 Å². The van der Waals surface area contributed by atoms with Gasteiger partial charge in [0.1, 0.15) is 0 Å². The number of hydrogen-bond donors (Lipinski definition) is 1. The van der Waals surface area contributed by atoms with Gasteiger partial charge < -0.3 is 10.2 Å². The van der Waals surface area contributed by atoms with E-state index < -0.39 is 10.0 Å². The van der Waals surface area contributed by atoms with E-state index in [1.807, 2.05) is 24.3 Å². The number of benzene rings is 2. The van der Waals surface area contributed by atoms with Gasteiger partial charge in [0.25, 0.3) is 0 Å². The molecule has 7 heteroatoms. The fraction of sp³-hybridized carbons (Fsp3) is 0.381. The predicted octanol–water partition coefficient (Wildman–Crippen LogP) is 3.52. The summed E-state index contributed by atoms with van der Waals surface area (Å²) in [7, 11) is -3.51. The molecule has 1 saturated heterocycles. The average Bonchev–Trinajstić information content (AvgIpc) is 2.68. The Morgan fingerprint density at radius 3 is 2.00 bits per heavy atom. The van der Waals surface area contributed by atoms with Crippen molar-refractivity contribution in [3.05, 3.63) is 60.2 Å². The lowest BCUT2D eigenvalue weighted by Crippen LogP contribution is -2.51. The second-order valence-electron chi connectivity index (χ2n) is 7.96. The van der Waals surface area contributed by atoms with Crippen LogP contribution in [0.3, 0.4) is 0 Å². The molecular formula is C21H27N3O3S. The van der Waals surface area contributed by atoms with Gasteiger partial charge in [0.2, 0.25) is 10.0 Å². The van der Waals surface area contributed by atoms with Gasteiger partial charge in [0, 0.05) is 31.9 Å². The van der Waals surface area contributed by atoms with E-state index in [2.05, 4.69) is 26.1 Å². The molecule has 0 radical (unpaired) electrons. The number of rotatable bonds is 3. The molecule has 0 saturated carbocycles. The third-order valence-corrected chi connectivity index (χ3v) is 6.82. The Morgan fingerprint density at radius 2 is 1.46 bits per heavy atom. The molecule has 2 aromatic carbocycles. The monoisotopic (exact) mass is 401 g/mol. The average molecular weight is 402 g/mol. The molecule has 1 fully saturated rings. The van der Waals surface area contributed by atoms with E-state index in [1.165, 1.54) is 9.87 Å². The Morgan fingerprint density at radius 1 is 0.893 bits per heavy atom. The van der Waals surface area contributed by atoms with E-state index in [0.29, 0.717) is 13.1 Å². The first-order valence-corrected chi connectivity index (χ1v) is 10.8. The number of urea groups is 1. The molecule has 0 spiro atoms. The zero-order valence-electron chi connectivity index (χ0n) is 16.6. The molecule has 0 bridgehead atoms. The molecule has 1 aliphatic rings. The number of piperazine rings is 1. The standard InChI is InChI=1S/C21H27N3O3S/c1-21(2,3)17-9-11-18(12-10-17)22-20(25)23-13-15-24(16-14-23)28(26,27)19-7-5-4-6-8-19/h4-12H,13-16H2,1-3H3,(H,22,25). The SMILES string of the molecule is CC(C)(C)c1ccc(NC(=O)N2CCN(S(=O)(=O)c3ccccc3)CC2)cc1. The van der Waals surface area contributed by atoms with Gasteiger partial charge in [-0.15, -0.1) is 0 Å². The number of hydrogen-bond acceptors (Lipinski definition) is 3. The van der Waals surface area contributed by atoms with Crippen molar-refractivity contribution in [3.8, 4) is 0 Å². The summed E-state index contributed by atoms with van der Waals surface area (Å²) in [5.74, 6) is 0. The maximum Gasteiger partial charge on any atom is 0.321 e. The smallest absolute Gasteiger partial charge is 0.321 e. The normalized spacial score (nSPS) is 16.0. The van der Waals surface area contributed by atoms with Crippen LogP contribution in [-0.4, -0.2) is 49.8 Å². The van der Waals surface area contributed by atoms with Crippen molar-refractivity contribution in [2.24, 2.45) is 0 Å². The van der Waals surface area contributed by atoms with Gasteiger partial charge in [-0.25, -0.2) is 13.2 Å². The van der Waals surface area contributed by atoms with E-state index in [0.717, 1.165) is 5.69 Å². The summed E-state index contributed by atoms with van der Waals surface area (Å²) in [6, 6.07) is 16.0. The molecular weight excluding hydrogens is 374 g/mol. The summed E-state index contributed by atoms with van der Waals surface area (Å²) in [5.41, 5.74) is 1.99. The van der Waals surface area contributed by atoms with Crippen molar-refractivity contribution < 1.29 is 13.2 Å². The molecule has 2 aromatic rings. The van der Waals surface area contributed by atoms with Crippen LogP contribution in [0.4, 0.5) is 10.5 Å². The molecule has 2 amide bonds. The number of anilines is 1. The fourth-order valence-electron chi connectivity index (χ4n) is 3.13. The lowest BCUT2D eigenvalue weighted by Gasteiger charge is -2.34. The van der Waals surface area contributed by atoms with Crippen LogP contribution in [-0.2, 0) is 15.4 Å². The number of amides is 2. The molecule has 150 valence electrons. The third-order valence-electron chi connectivity index (χ3n) is 4.91. The van der Waals surface area contributed by atoms with E-state index in [4.69, 9.17) is 0 Å². The highest BCUT2D eigenvalue weighted by Crippen LogP contribution is 2.24. The van der Waals surface area contributed by atoms with Crippen molar-refractivity contribution in [2.75, 3.05) is 31.5 Å². The number of carbonyl (C=O) groups is 1. The van der Waals surface area contributed by atoms with Crippen molar-refractivity contribution in [1.29, 1.82) is 0 Å². The molecule has 3 rings (SSSR count). The lowest BCUT2D eigenvalue weighted by molar-refractivity contribution is 0.184.